The molecule has 0 aromatic rings. The Labute approximate surface area is 95.4 Å². The van der Waals surface area contributed by atoms with Gasteiger partial charge in [0.25, 0.3) is 0 Å². The van der Waals surface area contributed by atoms with E-state index in [1.54, 1.807) is 0 Å². The summed E-state index contributed by atoms with van der Waals surface area (Å²) in [5, 5.41) is 3.71. The summed E-state index contributed by atoms with van der Waals surface area (Å²) >= 11 is 0. The van der Waals surface area contributed by atoms with E-state index < -0.39 is 0 Å². The van der Waals surface area contributed by atoms with E-state index >= 15 is 0 Å². The van der Waals surface area contributed by atoms with Crippen LogP contribution in [0.1, 0.15) is 46.0 Å². The van der Waals surface area contributed by atoms with Crippen LogP contribution in [-0.2, 0) is 0 Å². The van der Waals surface area contributed by atoms with Gasteiger partial charge < -0.3 is 10.2 Å². The van der Waals surface area contributed by atoms with Crippen molar-refractivity contribution in [1.82, 2.24) is 10.2 Å². The molecule has 0 unspecified atom stereocenters. The molecular weight excluding hydrogens is 184 g/mol. The van der Waals surface area contributed by atoms with Crippen molar-refractivity contribution < 1.29 is 0 Å². The van der Waals surface area contributed by atoms with Gasteiger partial charge in [0.1, 0.15) is 0 Å². The van der Waals surface area contributed by atoms with E-state index in [2.05, 4.69) is 38.2 Å². The van der Waals surface area contributed by atoms with Crippen molar-refractivity contribution in [3.05, 3.63) is 0 Å². The van der Waals surface area contributed by atoms with Crippen molar-refractivity contribution in [2.45, 2.75) is 52.0 Å². The van der Waals surface area contributed by atoms with E-state index in [-0.39, 0.29) is 0 Å². The van der Waals surface area contributed by atoms with Crippen LogP contribution in [0.4, 0.5) is 0 Å². The predicted molar refractivity (Wildman–Crippen MR) is 67.2 cm³/mol. The van der Waals surface area contributed by atoms with Crippen molar-refractivity contribution in [2.75, 3.05) is 27.2 Å². The Kier molecular flexibility index (Phi) is 5.07. The maximum absolute atomic E-state index is 3.71. The van der Waals surface area contributed by atoms with Crippen molar-refractivity contribution in [3.8, 4) is 0 Å². The van der Waals surface area contributed by atoms with E-state index in [0.29, 0.717) is 5.41 Å². The Hall–Kier alpha value is -0.0800. The summed E-state index contributed by atoms with van der Waals surface area (Å²) in [6.07, 6.45) is 6.81. The van der Waals surface area contributed by atoms with Crippen molar-refractivity contribution in [3.63, 3.8) is 0 Å². The molecule has 2 nitrogen and oxygen atoms in total. The van der Waals surface area contributed by atoms with Gasteiger partial charge >= 0.3 is 0 Å². The number of hydrogen-bond acceptors (Lipinski definition) is 2. The van der Waals surface area contributed by atoms with E-state index in [4.69, 9.17) is 0 Å². The highest BCUT2D eigenvalue weighted by Crippen LogP contribution is 2.34. The van der Waals surface area contributed by atoms with Crippen LogP contribution < -0.4 is 5.32 Å². The van der Waals surface area contributed by atoms with Crippen molar-refractivity contribution in [1.29, 1.82) is 0 Å². The third kappa shape index (κ3) is 5.53. The molecule has 1 saturated carbocycles. The second-order valence-corrected chi connectivity index (χ2v) is 6.07. The molecule has 1 rings (SSSR count). The smallest absolute Gasteiger partial charge is 0.00721 e. The molecule has 1 aliphatic rings. The molecule has 0 saturated heterocycles. The highest BCUT2D eigenvalue weighted by atomic mass is 15.1. The molecule has 1 N–H and O–H groups in total. The van der Waals surface area contributed by atoms with Gasteiger partial charge in [-0.2, -0.15) is 0 Å². The summed E-state index contributed by atoms with van der Waals surface area (Å²) in [7, 11) is 4.29. The first-order valence-corrected chi connectivity index (χ1v) is 6.38. The SMILES string of the molecule is CN(C)CCCN[C@H]1CCCC(C)(C)C1. The lowest BCUT2D eigenvalue weighted by atomic mass is 9.75. The first-order chi connectivity index (χ1) is 6.99. The Bertz CT molecular complexity index is 175. The lowest BCUT2D eigenvalue weighted by molar-refractivity contribution is 0.197. The van der Waals surface area contributed by atoms with Crippen LogP contribution in [0.15, 0.2) is 0 Å². The van der Waals surface area contributed by atoms with E-state index in [0.717, 1.165) is 6.04 Å². The Morgan fingerprint density at radius 3 is 2.67 bits per heavy atom. The van der Waals surface area contributed by atoms with Crippen molar-refractivity contribution in [2.24, 2.45) is 5.41 Å². The van der Waals surface area contributed by atoms with Gasteiger partial charge in [-0.1, -0.05) is 20.3 Å². The van der Waals surface area contributed by atoms with E-state index in [9.17, 15) is 0 Å². The molecule has 0 bridgehead atoms. The highest BCUT2D eigenvalue weighted by molar-refractivity contribution is 4.83. The Balaban J connectivity index is 2.11. The van der Waals surface area contributed by atoms with Gasteiger partial charge in [-0.25, -0.2) is 0 Å². The van der Waals surface area contributed by atoms with Crippen LogP contribution in [0.2, 0.25) is 0 Å². The van der Waals surface area contributed by atoms with Crippen LogP contribution >= 0.6 is 0 Å². The first-order valence-electron chi connectivity index (χ1n) is 6.38. The fourth-order valence-electron chi connectivity index (χ4n) is 2.57. The fourth-order valence-corrected chi connectivity index (χ4v) is 2.57. The van der Waals surface area contributed by atoms with Gasteiger partial charge in [0, 0.05) is 6.04 Å². The van der Waals surface area contributed by atoms with Crippen LogP contribution in [0, 0.1) is 5.41 Å². The molecular formula is C13H28N2. The van der Waals surface area contributed by atoms with Gasteiger partial charge in [0.2, 0.25) is 0 Å². The minimum absolute atomic E-state index is 0.567. The third-order valence-corrected chi connectivity index (χ3v) is 3.42. The monoisotopic (exact) mass is 212 g/mol. The number of rotatable bonds is 5. The summed E-state index contributed by atoms with van der Waals surface area (Å²) in [5.41, 5.74) is 0.567. The van der Waals surface area contributed by atoms with Gasteiger partial charge in [-0.15, -0.1) is 0 Å². The molecule has 90 valence electrons. The molecule has 0 amide bonds. The summed E-state index contributed by atoms with van der Waals surface area (Å²) in [6.45, 7) is 7.18. The van der Waals surface area contributed by atoms with Gasteiger partial charge in [0.05, 0.1) is 0 Å². The molecule has 0 radical (unpaired) electrons. The zero-order valence-corrected chi connectivity index (χ0v) is 11.0. The van der Waals surface area contributed by atoms with Gasteiger partial charge in [-0.3, -0.25) is 0 Å². The molecule has 2 heteroatoms. The maximum Gasteiger partial charge on any atom is 0.00721 e. The lowest BCUT2D eigenvalue weighted by Crippen LogP contribution is -2.38. The van der Waals surface area contributed by atoms with Gasteiger partial charge in [-0.05, 0) is 58.3 Å². The first kappa shape index (κ1) is 13.0. The molecule has 0 aromatic carbocycles. The second-order valence-electron chi connectivity index (χ2n) is 6.07. The zero-order chi connectivity index (χ0) is 11.3. The lowest BCUT2D eigenvalue weighted by Gasteiger charge is -2.35. The molecule has 1 fully saturated rings. The maximum atomic E-state index is 3.71. The molecule has 0 aliphatic heterocycles. The number of nitrogens with one attached hydrogen (secondary N) is 1. The molecule has 0 heterocycles. The van der Waals surface area contributed by atoms with E-state index in [1.165, 1.54) is 45.2 Å². The summed E-state index contributed by atoms with van der Waals surface area (Å²) in [5.74, 6) is 0. The predicted octanol–water partition coefficient (Wildman–Crippen LogP) is 2.50. The summed E-state index contributed by atoms with van der Waals surface area (Å²) in [6, 6.07) is 0.774. The standard InChI is InChI=1S/C13H28N2/c1-13(2)8-5-7-12(11-13)14-9-6-10-15(3)4/h12,14H,5-11H2,1-4H3/t12-/m0/s1. The van der Waals surface area contributed by atoms with Gasteiger partial charge in [0.15, 0.2) is 0 Å². The van der Waals surface area contributed by atoms with Crippen LogP contribution in [0.5, 0.6) is 0 Å². The average Bonchev–Trinajstić information content (AvgIpc) is 2.10. The topological polar surface area (TPSA) is 15.3 Å². The quantitative estimate of drug-likeness (QED) is 0.704. The number of hydrogen-bond donors (Lipinski definition) is 1. The van der Waals surface area contributed by atoms with Crippen LogP contribution in [-0.4, -0.2) is 38.1 Å². The largest absolute Gasteiger partial charge is 0.314 e. The minimum Gasteiger partial charge on any atom is -0.314 e. The molecule has 15 heavy (non-hydrogen) atoms. The number of nitrogens with zero attached hydrogens (tertiary/aromatic N) is 1. The molecule has 0 aromatic heterocycles. The Morgan fingerprint density at radius 2 is 2.07 bits per heavy atom. The zero-order valence-electron chi connectivity index (χ0n) is 11.0. The van der Waals surface area contributed by atoms with E-state index in [1.807, 2.05) is 0 Å². The van der Waals surface area contributed by atoms with Crippen LogP contribution in [0.3, 0.4) is 0 Å². The van der Waals surface area contributed by atoms with Crippen molar-refractivity contribution >= 4 is 0 Å². The third-order valence-electron chi connectivity index (χ3n) is 3.42. The van der Waals surface area contributed by atoms with Crippen LogP contribution in [0.25, 0.3) is 0 Å². The average molecular weight is 212 g/mol. The summed E-state index contributed by atoms with van der Waals surface area (Å²) in [4.78, 5) is 2.26. The summed E-state index contributed by atoms with van der Waals surface area (Å²) < 4.78 is 0. The molecule has 1 atom stereocenters. The second kappa shape index (κ2) is 5.86. The molecule has 1 aliphatic carbocycles. The highest BCUT2D eigenvalue weighted by Gasteiger charge is 2.27. The molecule has 0 spiro atoms. The Morgan fingerprint density at radius 1 is 1.33 bits per heavy atom. The normalized spacial score (nSPS) is 25.8. The minimum atomic E-state index is 0.567. The fraction of sp³-hybridized carbons (Fsp3) is 1.00.